The molecule has 0 saturated carbocycles. The molecule has 0 amide bonds. The quantitative estimate of drug-likeness (QED) is 0.759. The van der Waals surface area contributed by atoms with Gasteiger partial charge in [0.15, 0.2) is 5.70 Å². The van der Waals surface area contributed by atoms with Crippen LogP contribution in [0, 0.1) is 0 Å². The van der Waals surface area contributed by atoms with Crippen LogP contribution < -0.4 is 20.9 Å². The van der Waals surface area contributed by atoms with Gasteiger partial charge in [-0.1, -0.05) is 23.2 Å². The number of anilines is 1. The first kappa shape index (κ1) is 15.1. The summed E-state index contributed by atoms with van der Waals surface area (Å²) in [5.74, 6) is 0. The van der Waals surface area contributed by atoms with Crippen LogP contribution in [0.25, 0.3) is 6.08 Å². The average molecular weight is 332 g/mol. The minimum absolute atomic E-state index is 0.559. The van der Waals surface area contributed by atoms with Crippen molar-refractivity contribution in [2.45, 2.75) is 19.4 Å². The monoisotopic (exact) mass is 331 g/mol. The largest absolute Gasteiger partial charge is 0.382 e. The SMILES string of the molecule is C=C1C=c2cc(Cl)ccc2=[NH+]1.CC1Cc2cc(Cl)ccc2N1. The normalized spacial score (nSPS) is 17.4. The molecule has 22 heavy (non-hydrogen) atoms. The fraction of sp³-hybridized carbons (Fsp3) is 0.167. The highest BCUT2D eigenvalue weighted by atomic mass is 35.5. The van der Waals surface area contributed by atoms with Gasteiger partial charge >= 0.3 is 0 Å². The molecule has 2 aliphatic heterocycles. The van der Waals surface area contributed by atoms with Crippen molar-refractivity contribution < 1.29 is 4.99 Å². The Morgan fingerprint density at radius 1 is 1.14 bits per heavy atom. The molecule has 0 spiro atoms. The van der Waals surface area contributed by atoms with Crippen molar-refractivity contribution in [1.82, 2.24) is 0 Å². The minimum Gasteiger partial charge on any atom is -0.382 e. The third kappa shape index (κ3) is 3.34. The molecule has 0 radical (unpaired) electrons. The van der Waals surface area contributed by atoms with Gasteiger partial charge in [0.05, 0.1) is 5.22 Å². The van der Waals surface area contributed by atoms with Crippen molar-refractivity contribution in [1.29, 1.82) is 0 Å². The molecule has 112 valence electrons. The third-order valence-electron chi connectivity index (χ3n) is 3.63. The molecule has 0 aromatic heterocycles. The number of fused-ring (bicyclic) bond motifs is 2. The topological polar surface area (TPSA) is 26.0 Å². The van der Waals surface area contributed by atoms with Gasteiger partial charge in [-0.3, -0.25) is 0 Å². The number of nitrogens with one attached hydrogen (secondary N) is 2. The van der Waals surface area contributed by atoms with E-state index in [-0.39, 0.29) is 0 Å². The molecule has 0 aliphatic carbocycles. The first-order valence-corrected chi connectivity index (χ1v) is 7.92. The number of allylic oxidation sites excluding steroid dienone is 1. The van der Waals surface area contributed by atoms with Gasteiger partial charge in [-0.05, 0) is 55.8 Å². The molecule has 2 nitrogen and oxygen atoms in total. The molecule has 0 fully saturated rings. The molecule has 1 atom stereocenters. The lowest BCUT2D eigenvalue weighted by molar-refractivity contribution is -0.430. The molecule has 0 bridgehead atoms. The lowest BCUT2D eigenvalue weighted by Gasteiger charge is -2.00. The minimum atomic E-state index is 0.559. The Balaban J connectivity index is 0.000000131. The van der Waals surface area contributed by atoms with Gasteiger partial charge in [-0.25, -0.2) is 4.99 Å². The zero-order chi connectivity index (χ0) is 15.7. The van der Waals surface area contributed by atoms with Crippen LogP contribution in [0.2, 0.25) is 10.0 Å². The smallest absolute Gasteiger partial charge is 0.211 e. The summed E-state index contributed by atoms with van der Waals surface area (Å²) in [5.41, 5.74) is 3.49. The highest BCUT2D eigenvalue weighted by Crippen LogP contribution is 2.27. The summed E-state index contributed by atoms with van der Waals surface area (Å²) < 4.78 is 0. The molecule has 4 rings (SSSR count). The van der Waals surface area contributed by atoms with Gasteiger partial charge in [0.2, 0.25) is 5.36 Å². The molecule has 4 heteroatoms. The Kier molecular flexibility index (Phi) is 4.23. The van der Waals surface area contributed by atoms with Crippen LogP contribution in [-0.4, -0.2) is 6.04 Å². The van der Waals surface area contributed by atoms with Gasteiger partial charge in [-0.2, -0.15) is 0 Å². The van der Waals surface area contributed by atoms with Crippen molar-refractivity contribution in [3.8, 4) is 0 Å². The molecule has 2 aromatic rings. The average Bonchev–Trinajstić information content (AvgIpc) is 2.99. The number of benzene rings is 2. The maximum absolute atomic E-state index is 5.84. The van der Waals surface area contributed by atoms with E-state index in [9.17, 15) is 0 Å². The van der Waals surface area contributed by atoms with E-state index in [0.29, 0.717) is 6.04 Å². The Hall–Kier alpha value is -1.77. The van der Waals surface area contributed by atoms with Gasteiger partial charge in [0, 0.05) is 33.9 Å². The van der Waals surface area contributed by atoms with E-state index in [4.69, 9.17) is 23.2 Å². The van der Waals surface area contributed by atoms with Crippen LogP contribution in [0.1, 0.15) is 12.5 Å². The number of hydrogen-bond donors (Lipinski definition) is 2. The molecule has 2 aromatic carbocycles. The summed E-state index contributed by atoms with van der Waals surface area (Å²) in [7, 11) is 0. The Morgan fingerprint density at radius 3 is 2.68 bits per heavy atom. The zero-order valence-electron chi connectivity index (χ0n) is 12.3. The van der Waals surface area contributed by atoms with E-state index in [0.717, 1.165) is 32.7 Å². The fourth-order valence-corrected chi connectivity index (χ4v) is 3.06. The summed E-state index contributed by atoms with van der Waals surface area (Å²) in [4.78, 5) is 3.12. The van der Waals surface area contributed by atoms with Crippen LogP contribution in [-0.2, 0) is 6.42 Å². The molecule has 2 aliphatic rings. The van der Waals surface area contributed by atoms with Gasteiger partial charge in [-0.15, -0.1) is 0 Å². The van der Waals surface area contributed by atoms with Gasteiger partial charge < -0.3 is 5.32 Å². The van der Waals surface area contributed by atoms with Crippen molar-refractivity contribution >= 4 is 35.0 Å². The van der Waals surface area contributed by atoms with Crippen LogP contribution in [0.5, 0.6) is 0 Å². The second kappa shape index (κ2) is 6.15. The highest BCUT2D eigenvalue weighted by molar-refractivity contribution is 6.31. The summed E-state index contributed by atoms with van der Waals surface area (Å²) in [6.45, 7) is 5.96. The van der Waals surface area contributed by atoms with E-state index in [1.54, 1.807) is 0 Å². The Bertz CT molecular complexity index is 856. The van der Waals surface area contributed by atoms with Crippen LogP contribution in [0.3, 0.4) is 0 Å². The van der Waals surface area contributed by atoms with Crippen molar-refractivity contribution in [3.05, 3.63) is 74.9 Å². The summed E-state index contributed by atoms with van der Waals surface area (Å²) in [5, 5.41) is 7.16. The number of halogens is 2. The van der Waals surface area contributed by atoms with Gasteiger partial charge in [0.25, 0.3) is 0 Å². The molecular formula is C18H17Cl2N2+. The van der Waals surface area contributed by atoms with Gasteiger partial charge in [0.1, 0.15) is 0 Å². The maximum Gasteiger partial charge on any atom is 0.211 e. The Morgan fingerprint density at radius 2 is 1.86 bits per heavy atom. The lowest BCUT2D eigenvalue weighted by Crippen LogP contribution is -2.73. The van der Waals surface area contributed by atoms with Crippen molar-refractivity contribution in [2.24, 2.45) is 0 Å². The van der Waals surface area contributed by atoms with Crippen molar-refractivity contribution in [2.75, 3.05) is 5.32 Å². The lowest BCUT2D eigenvalue weighted by atomic mass is 10.1. The standard InChI is InChI=1S/C9H10ClN.C9H6ClN/c2*1-6-4-7-5-8(10)2-3-9(7)11-6/h2-3,5-6,11H,4H2,1H3;2-5H,1H2/p+1. The van der Waals surface area contributed by atoms with Crippen molar-refractivity contribution in [3.63, 3.8) is 0 Å². The second-order valence-electron chi connectivity index (χ2n) is 5.58. The highest BCUT2D eigenvalue weighted by Gasteiger charge is 2.15. The number of hydrogen-bond acceptors (Lipinski definition) is 1. The Labute approximate surface area is 139 Å². The first-order chi connectivity index (χ1) is 10.5. The van der Waals surface area contributed by atoms with Crippen LogP contribution in [0.4, 0.5) is 5.69 Å². The summed E-state index contributed by atoms with van der Waals surface area (Å²) >= 11 is 11.6. The summed E-state index contributed by atoms with van der Waals surface area (Å²) in [6, 6.07) is 12.3. The second-order valence-corrected chi connectivity index (χ2v) is 6.45. The van der Waals surface area contributed by atoms with E-state index in [1.165, 1.54) is 11.3 Å². The van der Waals surface area contributed by atoms with Crippen LogP contribution in [0.15, 0.2) is 48.7 Å². The van der Waals surface area contributed by atoms with E-state index < -0.39 is 0 Å². The first-order valence-electron chi connectivity index (χ1n) is 7.16. The zero-order valence-corrected chi connectivity index (χ0v) is 13.8. The fourth-order valence-electron chi connectivity index (χ4n) is 2.68. The maximum atomic E-state index is 5.84. The molecule has 2 N–H and O–H groups in total. The molecule has 2 heterocycles. The molecule has 0 saturated heterocycles. The predicted octanol–water partition coefficient (Wildman–Crippen LogP) is 2.04. The number of rotatable bonds is 0. The van der Waals surface area contributed by atoms with E-state index >= 15 is 0 Å². The van der Waals surface area contributed by atoms with E-state index in [1.807, 2.05) is 42.5 Å². The van der Waals surface area contributed by atoms with Crippen LogP contribution >= 0.6 is 23.2 Å². The summed E-state index contributed by atoms with van der Waals surface area (Å²) in [6.07, 6.45) is 3.07. The predicted molar refractivity (Wildman–Crippen MR) is 92.6 cm³/mol. The molecule has 1 unspecified atom stereocenters. The van der Waals surface area contributed by atoms with E-state index in [2.05, 4.69) is 23.8 Å². The third-order valence-corrected chi connectivity index (χ3v) is 4.10. The molecular weight excluding hydrogens is 315 g/mol.